The Balaban J connectivity index is 1.68. The van der Waals surface area contributed by atoms with Crippen molar-refractivity contribution in [2.24, 2.45) is 0 Å². The Bertz CT molecular complexity index is 940. The molecule has 0 spiro atoms. The SMILES string of the molecule is CC(C(=O)Nc1cccc(C#N)c1)N(C)C1CCN(c2ccccc2F)C1=O. The minimum absolute atomic E-state index is 0.223. The maximum absolute atomic E-state index is 14.0. The average molecular weight is 380 g/mol. The van der Waals surface area contributed by atoms with E-state index in [0.29, 0.717) is 24.2 Å². The minimum Gasteiger partial charge on any atom is -0.325 e. The number of nitrogens with zero attached hydrogens (tertiary/aromatic N) is 3. The highest BCUT2D eigenvalue weighted by atomic mass is 19.1. The van der Waals surface area contributed by atoms with Gasteiger partial charge in [-0.05, 0) is 50.7 Å². The number of carbonyl (C=O) groups excluding carboxylic acids is 2. The summed E-state index contributed by atoms with van der Waals surface area (Å²) in [6.45, 7) is 2.11. The minimum atomic E-state index is -0.583. The number of hydrogen-bond donors (Lipinski definition) is 1. The molecule has 1 aliphatic rings. The molecule has 0 saturated carbocycles. The van der Waals surface area contributed by atoms with E-state index in [4.69, 9.17) is 5.26 Å². The van der Waals surface area contributed by atoms with Crippen molar-refractivity contribution in [1.82, 2.24) is 4.90 Å². The second-order valence-electron chi connectivity index (χ2n) is 6.77. The van der Waals surface area contributed by atoms with Crippen molar-refractivity contribution in [3.63, 3.8) is 0 Å². The van der Waals surface area contributed by atoms with Crippen LogP contribution in [0.1, 0.15) is 18.9 Å². The molecule has 2 aromatic carbocycles. The summed E-state index contributed by atoms with van der Waals surface area (Å²) in [5, 5.41) is 11.7. The lowest BCUT2D eigenvalue weighted by molar-refractivity contribution is -0.125. The summed E-state index contributed by atoms with van der Waals surface area (Å²) in [6.07, 6.45) is 0.505. The zero-order valence-corrected chi connectivity index (χ0v) is 15.7. The number of rotatable bonds is 5. The summed E-state index contributed by atoms with van der Waals surface area (Å²) in [7, 11) is 1.71. The van der Waals surface area contributed by atoms with Gasteiger partial charge < -0.3 is 10.2 Å². The topological polar surface area (TPSA) is 76.4 Å². The largest absolute Gasteiger partial charge is 0.325 e. The van der Waals surface area contributed by atoms with E-state index in [0.717, 1.165) is 0 Å². The maximum atomic E-state index is 14.0. The summed E-state index contributed by atoms with van der Waals surface area (Å²) < 4.78 is 14.0. The van der Waals surface area contributed by atoms with E-state index in [9.17, 15) is 14.0 Å². The van der Waals surface area contributed by atoms with Crippen molar-refractivity contribution in [1.29, 1.82) is 5.26 Å². The van der Waals surface area contributed by atoms with Crippen molar-refractivity contribution < 1.29 is 14.0 Å². The van der Waals surface area contributed by atoms with Crippen LogP contribution in [0, 0.1) is 17.1 Å². The molecule has 1 heterocycles. The Labute approximate surface area is 163 Å². The van der Waals surface area contributed by atoms with Crippen LogP contribution in [0.4, 0.5) is 15.8 Å². The monoisotopic (exact) mass is 380 g/mol. The first-order chi connectivity index (χ1) is 13.4. The first-order valence-corrected chi connectivity index (χ1v) is 9.01. The number of likely N-dealkylation sites (N-methyl/N-ethyl adjacent to an activating group) is 1. The number of benzene rings is 2. The Morgan fingerprint density at radius 1 is 1.32 bits per heavy atom. The highest BCUT2D eigenvalue weighted by Crippen LogP contribution is 2.27. The predicted octanol–water partition coefficient (Wildman–Crippen LogP) is 2.76. The van der Waals surface area contributed by atoms with Crippen LogP contribution in [0.2, 0.25) is 0 Å². The Kier molecular flexibility index (Phi) is 5.71. The molecule has 144 valence electrons. The Morgan fingerprint density at radius 3 is 2.79 bits per heavy atom. The zero-order valence-electron chi connectivity index (χ0n) is 15.7. The molecule has 1 N–H and O–H groups in total. The van der Waals surface area contributed by atoms with E-state index in [1.54, 1.807) is 61.3 Å². The van der Waals surface area contributed by atoms with Gasteiger partial charge in [0, 0.05) is 12.2 Å². The predicted molar refractivity (Wildman–Crippen MR) is 104 cm³/mol. The average Bonchev–Trinajstić information content (AvgIpc) is 3.08. The van der Waals surface area contributed by atoms with Crippen molar-refractivity contribution in [3.8, 4) is 6.07 Å². The molecule has 0 radical (unpaired) electrons. The lowest BCUT2D eigenvalue weighted by Gasteiger charge is -2.29. The molecule has 2 atom stereocenters. The van der Waals surface area contributed by atoms with Crippen LogP contribution in [-0.2, 0) is 9.59 Å². The van der Waals surface area contributed by atoms with Gasteiger partial charge in [-0.25, -0.2) is 4.39 Å². The van der Waals surface area contributed by atoms with Gasteiger partial charge >= 0.3 is 0 Å². The van der Waals surface area contributed by atoms with E-state index in [2.05, 4.69) is 5.32 Å². The number of carbonyl (C=O) groups is 2. The molecule has 2 unspecified atom stereocenters. The number of anilines is 2. The molecule has 1 aliphatic heterocycles. The second-order valence-corrected chi connectivity index (χ2v) is 6.77. The first kappa shape index (κ1) is 19.5. The first-order valence-electron chi connectivity index (χ1n) is 9.01. The van der Waals surface area contributed by atoms with Crippen molar-refractivity contribution in [3.05, 3.63) is 59.9 Å². The molecule has 1 saturated heterocycles. The van der Waals surface area contributed by atoms with Gasteiger partial charge in [0.2, 0.25) is 11.8 Å². The van der Waals surface area contributed by atoms with Gasteiger partial charge in [0.15, 0.2) is 0 Å². The van der Waals surface area contributed by atoms with E-state index >= 15 is 0 Å². The molecular weight excluding hydrogens is 359 g/mol. The smallest absolute Gasteiger partial charge is 0.244 e. The summed E-state index contributed by atoms with van der Waals surface area (Å²) in [6, 6.07) is 13.7. The highest BCUT2D eigenvalue weighted by molar-refractivity contribution is 6.00. The fourth-order valence-electron chi connectivity index (χ4n) is 3.32. The summed E-state index contributed by atoms with van der Waals surface area (Å²) in [4.78, 5) is 28.5. The van der Waals surface area contributed by atoms with Gasteiger partial charge in [-0.1, -0.05) is 18.2 Å². The zero-order chi connectivity index (χ0) is 20.3. The number of amides is 2. The summed E-state index contributed by atoms with van der Waals surface area (Å²) in [5.74, 6) is -0.948. The number of para-hydroxylation sites is 1. The van der Waals surface area contributed by atoms with E-state index in [1.165, 1.54) is 11.0 Å². The Morgan fingerprint density at radius 2 is 2.07 bits per heavy atom. The molecule has 2 amide bonds. The van der Waals surface area contributed by atoms with Gasteiger partial charge in [0.05, 0.1) is 29.4 Å². The normalized spacial score (nSPS) is 17.5. The Hall–Kier alpha value is -3.24. The standard InChI is InChI=1S/C21H21FN4O2/c1-14(20(27)24-16-7-5-6-15(12-16)13-23)25(2)19-10-11-26(21(19)28)18-9-4-3-8-17(18)22/h3-9,12,14,19H,10-11H2,1-2H3,(H,24,27). The van der Waals surface area contributed by atoms with Gasteiger partial charge in [-0.3, -0.25) is 14.5 Å². The van der Waals surface area contributed by atoms with E-state index in [-0.39, 0.29) is 17.5 Å². The van der Waals surface area contributed by atoms with Crippen LogP contribution in [0.15, 0.2) is 48.5 Å². The lowest BCUT2D eigenvalue weighted by atomic mass is 10.1. The lowest BCUT2D eigenvalue weighted by Crippen LogP contribution is -2.48. The van der Waals surface area contributed by atoms with E-state index in [1.807, 2.05) is 6.07 Å². The maximum Gasteiger partial charge on any atom is 0.244 e. The molecular formula is C21H21FN4O2. The molecule has 28 heavy (non-hydrogen) atoms. The van der Waals surface area contributed by atoms with Crippen LogP contribution in [0.3, 0.4) is 0 Å². The second kappa shape index (κ2) is 8.19. The molecule has 2 aromatic rings. The van der Waals surface area contributed by atoms with Gasteiger partial charge in [0.25, 0.3) is 0 Å². The molecule has 6 nitrogen and oxygen atoms in total. The summed E-state index contributed by atoms with van der Waals surface area (Å²) in [5.41, 5.74) is 1.23. The van der Waals surface area contributed by atoms with Crippen LogP contribution in [-0.4, -0.2) is 42.4 Å². The van der Waals surface area contributed by atoms with Gasteiger partial charge in [0.1, 0.15) is 5.82 Å². The van der Waals surface area contributed by atoms with Crippen molar-refractivity contribution in [2.45, 2.75) is 25.4 Å². The number of nitrogens with one attached hydrogen (secondary N) is 1. The van der Waals surface area contributed by atoms with Crippen LogP contribution < -0.4 is 10.2 Å². The molecule has 3 rings (SSSR count). The molecule has 0 aliphatic carbocycles. The number of nitriles is 1. The fraction of sp³-hybridized carbons (Fsp3) is 0.286. The van der Waals surface area contributed by atoms with Crippen LogP contribution in [0.5, 0.6) is 0 Å². The number of halogens is 1. The third-order valence-electron chi connectivity index (χ3n) is 5.06. The summed E-state index contributed by atoms with van der Waals surface area (Å²) >= 11 is 0. The third kappa shape index (κ3) is 3.87. The van der Waals surface area contributed by atoms with Crippen molar-refractivity contribution in [2.75, 3.05) is 23.8 Å². The number of hydrogen-bond acceptors (Lipinski definition) is 4. The molecule has 1 fully saturated rings. The molecule has 0 bridgehead atoms. The molecule has 0 aromatic heterocycles. The van der Waals surface area contributed by atoms with Crippen LogP contribution >= 0.6 is 0 Å². The van der Waals surface area contributed by atoms with Crippen molar-refractivity contribution >= 4 is 23.2 Å². The fourth-order valence-corrected chi connectivity index (χ4v) is 3.32. The van der Waals surface area contributed by atoms with Gasteiger partial charge in [-0.2, -0.15) is 5.26 Å². The molecule has 7 heteroatoms. The highest BCUT2D eigenvalue weighted by Gasteiger charge is 2.39. The quantitative estimate of drug-likeness (QED) is 0.865. The van der Waals surface area contributed by atoms with E-state index < -0.39 is 17.9 Å². The van der Waals surface area contributed by atoms with Gasteiger partial charge in [-0.15, -0.1) is 0 Å². The third-order valence-corrected chi connectivity index (χ3v) is 5.06. The van der Waals surface area contributed by atoms with Crippen LogP contribution in [0.25, 0.3) is 0 Å².